The average molecular weight is 274 g/mol. The van der Waals surface area contributed by atoms with E-state index >= 15 is 0 Å². The SMILES string of the molecule is CCC(C)c1ccc(C(=O)OC2(CC)CCCC2)cc1. The Morgan fingerprint density at radius 2 is 1.80 bits per heavy atom. The molecule has 1 aliphatic rings. The van der Waals surface area contributed by atoms with Crippen LogP contribution in [0.2, 0.25) is 0 Å². The van der Waals surface area contributed by atoms with Crippen LogP contribution in [-0.2, 0) is 4.74 Å². The van der Waals surface area contributed by atoms with E-state index in [2.05, 4.69) is 32.9 Å². The van der Waals surface area contributed by atoms with Crippen LogP contribution < -0.4 is 0 Å². The van der Waals surface area contributed by atoms with Crippen LogP contribution in [0.5, 0.6) is 0 Å². The Morgan fingerprint density at radius 1 is 1.20 bits per heavy atom. The van der Waals surface area contributed by atoms with E-state index in [-0.39, 0.29) is 11.6 Å². The lowest BCUT2D eigenvalue weighted by molar-refractivity contribution is -0.0172. The normalized spacial score (nSPS) is 18.8. The minimum absolute atomic E-state index is 0.163. The minimum atomic E-state index is -0.202. The number of carbonyl (C=O) groups excluding carboxylic acids is 1. The van der Waals surface area contributed by atoms with Crippen LogP contribution in [0.4, 0.5) is 0 Å². The highest BCUT2D eigenvalue weighted by atomic mass is 16.6. The summed E-state index contributed by atoms with van der Waals surface area (Å²) in [5.74, 6) is 0.376. The molecule has 1 fully saturated rings. The fraction of sp³-hybridized carbons (Fsp3) is 0.611. The molecule has 0 radical (unpaired) electrons. The molecule has 0 aliphatic heterocycles. The molecule has 1 aromatic carbocycles. The van der Waals surface area contributed by atoms with Gasteiger partial charge in [0.1, 0.15) is 5.60 Å². The van der Waals surface area contributed by atoms with Crippen molar-refractivity contribution in [3.63, 3.8) is 0 Å². The van der Waals surface area contributed by atoms with Crippen molar-refractivity contribution < 1.29 is 9.53 Å². The third kappa shape index (κ3) is 3.23. The number of carbonyl (C=O) groups is 1. The van der Waals surface area contributed by atoms with E-state index in [0.717, 1.165) is 25.7 Å². The van der Waals surface area contributed by atoms with Gasteiger partial charge in [0.25, 0.3) is 0 Å². The van der Waals surface area contributed by atoms with Crippen LogP contribution in [0, 0.1) is 0 Å². The van der Waals surface area contributed by atoms with Crippen molar-refractivity contribution in [2.24, 2.45) is 0 Å². The van der Waals surface area contributed by atoms with Gasteiger partial charge in [-0.3, -0.25) is 0 Å². The van der Waals surface area contributed by atoms with Crippen molar-refractivity contribution in [3.8, 4) is 0 Å². The Labute approximate surface area is 122 Å². The highest BCUT2D eigenvalue weighted by molar-refractivity contribution is 5.89. The molecule has 0 N–H and O–H groups in total. The highest BCUT2D eigenvalue weighted by Crippen LogP contribution is 2.36. The van der Waals surface area contributed by atoms with Gasteiger partial charge in [-0.2, -0.15) is 0 Å². The van der Waals surface area contributed by atoms with Crippen LogP contribution >= 0.6 is 0 Å². The van der Waals surface area contributed by atoms with Gasteiger partial charge < -0.3 is 4.74 Å². The number of hydrogen-bond donors (Lipinski definition) is 0. The Hall–Kier alpha value is -1.31. The summed E-state index contributed by atoms with van der Waals surface area (Å²) in [5, 5.41) is 0. The van der Waals surface area contributed by atoms with Crippen LogP contribution in [0.1, 0.15) is 81.1 Å². The Bertz CT molecular complexity index is 441. The third-order valence-electron chi connectivity index (χ3n) is 4.80. The standard InChI is InChI=1S/C18H26O2/c1-4-14(3)15-8-10-16(11-9-15)17(19)20-18(5-2)12-6-7-13-18/h8-11,14H,4-7,12-13H2,1-3H3. The average Bonchev–Trinajstić information content (AvgIpc) is 2.95. The third-order valence-corrected chi connectivity index (χ3v) is 4.80. The molecule has 0 spiro atoms. The second-order valence-electron chi connectivity index (χ2n) is 6.06. The molecule has 0 amide bonds. The molecule has 2 rings (SSSR count). The second-order valence-corrected chi connectivity index (χ2v) is 6.06. The van der Waals surface area contributed by atoms with Crippen LogP contribution in [0.3, 0.4) is 0 Å². The predicted molar refractivity (Wildman–Crippen MR) is 82.1 cm³/mol. The van der Waals surface area contributed by atoms with Gasteiger partial charge in [-0.25, -0.2) is 4.79 Å². The highest BCUT2D eigenvalue weighted by Gasteiger charge is 2.36. The van der Waals surface area contributed by atoms with Crippen molar-refractivity contribution in [3.05, 3.63) is 35.4 Å². The van der Waals surface area contributed by atoms with E-state index in [9.17, 15) is 4.79 Å². The van der Waals surface area contributed by atoms with E-state index in [4.69, 9.17) is 4.74 Å². The molecule has 1 atom stereocenters. The second kappa shape index (κ2) is 6.43. The van der Waals surface area contributed by atoms with Crippen LogP contribution in [-0.4, -0.2) is 11.6 Å². The molecule has 110 valence electrons. The summed E-state index contributed by atoms with van der Waals surface area (Å²) >= 11 is 0. The van der Waals surface area contributed by atoms with E-state index in [1.165, 1.54) is 18.4 Å². The Morgan fingerprint density at radius 3 is 2.30 bits per heavy atom. The first kappa shape index (κ1) is 15.1. The number of ether oxygens (including phenoxy) is 1. The molecule has 1 aromatic rings. The Kier molecular flexibility index (Phi) is 4.85. The van der Waals surface area contributed by atoms with E-state index in [1.54, 1.807) is 0 Å². The number of rotatable bonds is 5. The fourth-order valence-corrected chi connectivity index (χ4v) is 2.99. The van der Waals surface area contributed by atoms with Gasteiger partial charge in [0, 0.05) is 0 Å². The first-order valence-electron chi connectivity index (χ1n) is 7.93. The molecule has 0 aromatic heterocycles. The van der Waals surface area contributed by atoms with Gasteiger partial charge in [0.05, 0.1) is 5.56 Å². The van der Waals surface area contributed by atoms with E-state index in [0.29, 0.717) is 11.5 Å². The molecule has 1 saturated carbocycles. The molecule has 1 aliphatic carbocycles. The maximum absolute atomic E-state index is 12.3. The van der Waals surface area contributed by atoms with Crippen LogP contribution in [0.25, 0.3) is 0 Å². The predicted octanol–water partition coefficient (Wildman–Crippen LogP) is 5.08. The zero-order valence-corrected chi connectivity index (χ0v) is 12.9. The molecule has 0 bridgehead atoms. The fourth-order valence-electron chi connectivity index (χ4n) is 2.99. The van der Waals surface area contributed by atoms with Crippen molar-refractivity contribution in [1.29, 1.82) is 0 Å². The zero-order valence-electron chi connectivity index (χ0n) is 12.9. The molecular formula is C18H26O2. The topological polar surface area (TPSA) is 26.3 Å². The smallest absolute Gasteiger partial charge is 0.338 e. The first-order valence-corrected chi connectivity index (χ1v) is 7.93. The molecular weight excluding hydrogens is 248 g/mol. The van der Waals surface area contributed by atoms with Crippen molar-refractivity contribution in [2.75, 3.05) is 0 Å². The Balaban J connectivity index is 2.05. The van der Waals surface area contributed by atoms with E-state index < -0.39 is 0 Å². The number of hydrogen-bond acceptors (Lipinski definition) is 2. The van der Waals surface area contributed by atoms with Gasteiger partial charge in [-0.05, 0) is 62.1 Å². The summed E-state index contributed by atoms with van der Waals surface area (Å²) in [4.78, 5) is 12.3. The van der Waals surface area contributed by atoms with E-state index in [1.807, 2.05) is 12.1 Å². The first-order chi connectivity index (χ1) is 9.60. The molecule has 0 saturated heterocycles. The van der Waals surface area contributed by atoms with Gasteiger partial charge in [0.15, 0.2) is 0 Å². The summed E-state index contributed by atoms with van der Waals surface area (Å²) in [6.07, 6.45) is 6.41. The lowest BCUT2D eigenvalue weighted by Crippen LogP contribution is -2.31. The van der Waals surface area contributed by atoms with Crippen LogP contribution in [0.15, 0.2) is 24.3 Å². The lowest BCUT2D eigenvalue weighted by atomic mass is 9.97. The van der Waals surface area contributed by atoms with Crippen molar-refractivity contribution in [1.82, 2.24) is 0 Å². The van der Waals surface area contributed by atoms with Crippen molar-refractivity contribution >= 4 is 5.97 Å². The largest absolute Gasteiger partial charge is 0.455 e. The quantitative estimate of drug-likeness (QED) is 0.700. The van der Waals surface area contributed by atoms with Gasteiger partial charge >= 0.3 is 5.97 Å². The zero-order chi connectivity index (χ0) is 14.6. The number of esters is 1. The maximum atomic E-state index is 12.3. The molecule has 20 heavy (non-hydrogen) atoms. The van der Waals surface area contributed by atoms with Gasteiger partial charge in [-0.1, -0.05) is 32.9 Å². The maximum Gasteiger partial charge on any atom is 0.338 e. The number of benzene rings is 1. The summed E-state index contributed by atoms with van der Waals surface area (Å²) < 4.78 is 5.82. The molecule has 1 unspecified atom stereocenters. The molecule has 2 heteroatoms. The summed E-state index contributed by atoms with van der Waals surface area (Å²) in [6, 6.07) is 7.92. The minimum Gasteiger partial charge on any atom is -0.455 e. The lowest BCUT2D eigenvalue weighted by Gasteiger charge is -2.27. The van der Waals surface area contributed by atoms with Crippen molar-refractivity contribution in [2.45, 2.75) is 70.8 Å². The van der Waals surface area contributed by atoms with Gasteiger partial charge in [-0.15, -0.1) is 0 Å². The summed E-state index contributed by atoms with van der Waals surface area (Å²) in [7, 11) is 0. The molecule has 2 nitrogen and oxygen atoms in total. The molecule has 0 heterocycles. The monoisotopic (exact) mass is 274 g/mol. The summed E-state index contributed by atoms with van der Waals surface area (Å²) in [6.45, 7) is 6.50. The van der Waals surface area contributed by atoms with Gasteiger partial charge in [0.2, 0.25) is 0 Å². The summed E-state index contributed by atoms with van der Waals surface area (Å²) in [5.41, 5.74) is 1.76.